The Morgan fingerprint density at radius 1 is 1.15 bits per heavy atom. The summed E-state index contributed by atoms with van der Waals surface area (Å²) in [7, 11) is 0. The molecule has 0 aliphatic rings. The summed E-state index contributed by atoms with van der Waals surface area (Å²) in [6.07, 6.45) is 2.82. The highest BCUT2D eigenvalue weighted by Crippen LogP contribution is 2.19. The van der Waals surface area contributed by atoms with E-state index in [1.807, 2.05) is 54.6 Å². The van der Waals surface area contributed by atoms with Crippen molar-refractivity contribution in [2.75, 3.05) is 6.61 Å². The zero-order valence-corrected chi connectivity index (χ0v) is 17.0. The van der Waals surface area contributed by atoms with Gasteiger partial charge in [-0.1, -0.05) is 58.5 Å². The zero-order valence-electron chi connectivity index (χ0n) is 14.6. The fourth-order valence-electron chi connectivity index (χ4n) is 2.59. The van der Waals surface area contributed by atoms with Crippen LogP contribution < -0.4 is 14.8 Å². The van der Waals surface area contributed by atoms with E-state index >= 15 is 0 Å². The van der Waals surface area contributed by atoms with Gasteiger partial charge in [-0.05, 0) is 42.3 Å². The van der Waals surface area contributed by atoms with Crippen LogP contribution in [0.4, 0.5) is 0 Å². The van der Waals surface area contributed by atoms with E-state index < -0.39 is 0 Å². The molecule has 2 aromatic heterocycles. The predicted molar refractivity (Wildman–Crippen MR) is 111 cm³/mol. The van der Waals surface area contributed by atoms with Gasteiger partial charge in [-0.15, -0.1) is 5.10 Å². The Kier molecular flexibility index (Phi) is 5.05. The van der Waals surface area contributed by atoms with Crippen LogP contribution in [0.3, 0.4) is 0 Å². The standard InChI is InChI=1S/C20H16BrN3O2S/c1-2-11-26-16-9-3-13(4-10-16)12-17-19(25)24-20(27-17)22-18(23-24)14-5-7-15(21)8-6-14/h3-10,12H,2,11H2,1H3/b17-12+. The van der Waals surface area contributed by atoms with Crippen LogP contribution in [0.5, 0.6) is 5.75 Å². The molecule has 2 aromatic carbocycles. The molecule has 0 radical (unpaired) electrons. The Morgan fingerprint density at radius 3 is 2.56 bits per heavy atom. The SMILES string of the molecule is CCCOc1ccc(/C=c2/sc3nc(-c4ccc(Br)cc4)nn3c2=O)cc1. The fourth-order valence-corrected chi connectivity index (χ4v) is 3.76. The van der Waals surface area contributed by atoms with Crippen molar-refractivity contribution in [2.24, 2.45) is 0 Å². The number of benzene rings is 2. The molecular weight excluding hydrogens is 426 g/mol. The van der Waals surface area contributed by atoms with Gasteiger partial charge in [0.1, 0.15) is 5.75 Å². The van der Waals surface area contributed by atoms with Gasteiger partial charge in [-0.3, -0.25) is 4.79 Å². The number of fused-ring (bicyclic) bond motifs is 1. The average molecular weight is 442 g/mol. The van der Waals surface area contributed by atoms with E-state index in [4.69, 9.17) is 4.74 Å². The molecule has 0 fully saturated rings. The van der Waals surface area contributed by atoms with Crippen LogP contribution in [0.2, 0.25) is 0 Å². The summed E-state index contributed by atoms with van der Waals surface area (Å²) in [6, 6.07) is 15.4. The number of rotatable bonds is 5. The second kappa shape index (κ2) is 7.62. The topological polar surface area (TPSA) is 56.5 Å². The minimum atomic E-state index is -0.155. The van der Waals surface area contributed by atoms with Crippen molar-refractivity contribution < 1.29 is 4.74 Å². The van der Waals surface area contributed by atoms with Crippen molar-refractivity contribution in [3.05, 3.63) is 73.5 Å². The Hall–Kier alpha value is -2.51. The van der Waals surface area contributed by atoms with Crippen molar-refractivity contribution in [3.63, 3.8) is 0 Å². The normalized spacial score (nSPS) is 12.0. The molecule has 0 saturated heterocycles. The summed E-state index contributed by atoms with van der Waals surface area (Å²) < 4.78 is 8.54. The van der Waals surface area contributed by atoms with Crippen LogP contribution in [-0.2, 0) is 0 Å². The van der Waals surface area contributed by atoms with Crippen molar-refractivity contribution in [2.45, 2.75) is 13.3 Å². The molecule has 4 aromatic rings. The van der Waals surface area contributed by atoms with Gasteiger partial charge in [0.25, 0.3) is 5.56 Å². The van der Waals surface area contributed by atoms with Crippen LogP contribution in [0.25, 0.3) is 22.4 Å². The molecule has 7 heteroatoms. The van der Waals surface area contributed by atoms with Gasteiger partial charge in [0.15, 0.2) is 5.82 Å². The predicted octanol–water partition coefficient (Wildman–Crippen LogP) is 3.92. The van der Waals surface area contributed by atoms with Crippen molar-refractivity contribution in [1.82, 2.24) is 14.6 Å². The lowest BCUT2D eigenvalue weighted by atomic mass is 10.2. The molecule has 0 amide bonds. The molecule has 0 saturated carbocycles. The van der Waals surface area contributed by atoms with Crippen molar-refractivity contribution >= 4 is 38.3 Å². The van der Waals surface area contributed by atoms with Gasteiger partial charge in [-0.2, -0.15) is 9.50 Å². The molecule has 0 unspecified atom stereocenters. The first-order valence-electron chi connectivity index (χ1n) is 8.54. The molecule has 136 valence electrons. The van der Waals surface area contributed by atoms with E-state index in [1.54, 1.807) is 0 Å². The summed E-state index contributed by atoms with van der Waals surface area (Å²) in [5.41, 5.74) is 1.66. The molecule has 0 spiro atoms. The maximum Gasteiger partial charge on any atom is 0.291 e. The van der Waals surface area contributed by atoms with E-state index in [-0.39, 0.29) is 5.56 Å². The third-order valence-corrected chi connectivity index (χ3v) is 5.42. The number of aromatic nitrogens is 3. The quantitative estimate of drug-likeness (QED) is 0.470. The van der Waals surface area contributed by atoms with Crippen molar-refractivity contribution in [1.29, 1.82) is 0 Å². The van der Waals surface area contributed by atoms with Crippen molar-refractivity contribution in [3.8, 4) is 17.1 Å². The van der Waals surface area contributed by atoms with Gasteiger partial charge in [-0.25, -0.2) is 0 Å². The molecule has 4 rings (SSSR count). The summed E-state index contributed by atoms with van der Waals surface area (Å²) in [5.74, 6) is 1.38. The minimum Gasteiger partial charge on any atom is -0.494 e. The summed E-state index contributed by atoms with van der Waals surface area (Å²) in [6.45, 7) is 2.77. The summed E-state index contributed by atoms with van der Waals surface area (Å²) >= 11 is 4.74. The Balaban J connectivity index is 1.66. The molecule has 2 heterocycles. The Morgan fingerprint density at radius 2 is 1.89 bits per heavy atom. The first-order chi connectivity index (χ1) is 13.1. The lowest BCUT2D eigenvalue weighted by Crippen LogP contribution is -2.23. The van der Waals surface area contributed by atoms with E-state index in [1.165, 1.54) is 15.9 Å². The number of ether oxygens (including phenoxy) is 1. The van der Waals surface area contributed by atoms with E-state index in [2.05, 4.69) is 32.9 Å². The maximum atomic E-state index is 12.6. The fraction of sp³-hybridized carbons (Fsp3) is 0.150. The van der Waals surface area contributed by atoms with Crippen LogP contribution in [0.1, 0.15) is 18.9 Å². The lowest BCUT2D eigenvalue weighted by Gasteiger charge is -2.03. The highest BCUT2D eigenvalue weighted by atomic mass is 79.9. The van der Waals surface area contributed by atoms with Crippen LogP contribution in [0, 0.1) is 0 Å². The van der Waals surface area contributed by atoms with Gasteiger partial charge in [0, 0.05) is 10.0 Å². The third-order valence-electron chi connectivity index (χ3n) is 3.93. The van der Waals surface area contributed by atoms with E-state index in [0.717, 1.165) is 27.8 Å². The summed E-state index contributed by atoms with van der Waals surface area (Å²) in [4.78, 5) is 17.7. The summed E-state index contributed by atoms with van der Waals surface area (Å²) in [5, 5.41) is 4.37. The molecule has 0 aliphatic carbocycles. The monoisotopic (exact) mass is 441 g/mol. The molecule has 0 bridgehead atoms. The van der Waals surface area contributed by atoms with Crippen LogP contribution in [0.15, 0.2) is 57.8 Å². The number of thiazole rings is 1. The second-order valence-electron chi connectivity index (χ2n) is 5.97. The van der Waals surface area contributed by atoms with Gasteiger partial charge >= 0.3 is 0 Å². The highest BCUT2D eigenvalue weighted by Gasteiger charge is 2.11. The number of nitrogens with zero attached hydrogens (tertiary/aromatic N) is 3. The van der Waals surface area contributed by atoms with Gasteiger partial charge in [0.05, 0.1) is 11.1 Å². The van der Waals surface area contributed by atoms with Crippen LogP contribution >= 0.6 is 27.3 Å². The maximum absolute atomic E-state index is 12.6. The highest BCUT2D eigenvalue weighted by molar-refractivity contribution is 9.10. The average Bonchev–Trinajstić information content (AvgIpc) is 3.22. The lowest BCUT2D eigenvalue weighted by molar-refractivity contribution is 0.317. The number of hydrogen-bond acceptors (Lipinski definition) is 5. The number of hydrogen-bond donors (Lipinski definition) is 0. The molecule has 0 aliphatic heterocycles. The smallest absolute Gasteiger partial charge is 0.291 e. The molecular formula is C20H16BrN3O2S. The molecule has 0 atom stereocenters. The first-order valence-corrected chi connectivity index (χ1v) is 10.1. The third kappa shape index (κ3) is 3.79. The molecule has 27 heavy (non-hydrogen) atoms. The zero-order chi connectivity index (χ0) is 18.8. The minimum absolute atomic E-state index is 0.155. The Labute approximate surface area is 168 Å². The second-order valence-corrected chi connectivity index (χ2v) is 7.89. The largest absolute Gasteiger partial charge is 0.494 e. The first kappa shape index (κ1) is 17.9. The van der Waals surface area contributed by atoms with Crippen LogP contribution in [-0.4, -0.2) is 21.2 Å². The van der Waals surface area contributed by atoms with E-state index in [9.17, 15) is 4.79 Å². The number of halogens is 1. The van der Waals surface area contributed by atoms with E-state index in [0.29, 0.717) is 21.9 Å². The Bertz CT molecular complexity index is 1180. The van der Waals surface area contributed by atoms with Gasteiger partial charge in [0.2, 0.25) is 4.96 Å². The molecule has 0 N–H and O–H groups in total. The van der Waals surface area contributed by atoms with Gasteiger partial charge < -0.3 is 4.74 Å². The molecule has 5 nitrogen and oxygen atoms in total.